The van der Waals surface area contributed by atoms with Crippen molar-refractivity contribution >= 4 is 45.8 Å². The third kappa shape index (κ3) is 3.46. The lowest BCUT2D eigenvalue weighted by atomic mass is 10.2. The van der Waals surface area contributed by atoms with Crippen molar-refractivity contribution in [3.63, 3.8) is 0 Å². The summed E-state index contributed by atoms with van der Waals surface area (Å²) in [6.07, 6.45) is 2.96. The maximum absolute atomic E-state index is 11.8. The summed E-state index contributed by atoms with van der Waals surface area (Å²) >= 11 is 7.21. The number of primary amides is 1. The molecule has 0 saturated carbocycles. The molecule has 1 aromatic heterocycles. The van der Waals surface area contributed by atoms with Gasteiger partial charge in [0.05, 0.1) is 5.56 Å². The Balaban J connectivity index is 2.08. The number of nitrogens with one attached hydrogen (secondary N) is 1. The van der Waals surface area contributed by atoms with E-state index in [9.17, 15) is 9.59 Å². The summed E-state index contributed by atoms with van der Waals surface area (Å²) in [5.41, 5.74) is 6.24. The summed E-state index contributed by atoms with van der Waals surface area (Å²) in [5.74, 6) is -0.925. The molecule has 0 spiro atoms. The van der Waals surface area contributed by atoms with Gasteiger partial charge in [0, 0.05) is 11.1 Å². The maximum Gasteiger partial charge on any atom is 0.251 e. The van der Waals surface area contributed by atoms with Crippen LogP contribution in [0.1, 0.15) is 15.9 Å². The number of nitrogens with two attached hydrogens (primary N) is 1. The van der Waals surface area contributed by atoms with Crippen LogP contribution in [0.25, 0.3) is 6.08 Å². The molecule has 0 bridgehead atoms. The number of hydrogen-bond donors (Lipinski definition) is 2. The number of thiophene rings is 1. The van der Waals surface area contributed by atoms with Crippen molar-refractivity contribution in [2.45, 2.75) is 0 Å². The van der Waals surface area contributed by atoms with E-state index in [1.807, 2.05) is 12.1 Å². The van der Waals surface area contributed by atoms with E-state index in [1.165, 1.54) is 17.4 Å². The zero-order valence-corrected chi connectivity index (χ0v) is 11.9. The number of carbonyl (C=O) groups is 2. The Labute approximate surface area is 124 Å². The second kappa shape index (κ2) is 6.36. The molecule has 0 unspecified atom stereocenters. The molecule has 2 amide bonds. The summed E-state index contributed by atoms with van der Waals surface area (Å²) < 4.78 is 0. The SMILES string of the molecule is NC(=O)c1ccsc1NC(=O)/C=C/c1ccccc1Cl. The van der Waals surface area contributed by atoms with Gasteiger partial charge in [0.1, 0.15) is 5.00 Å². The van der Waals surface area contributed by atoms with E-state index in [-0.39, 0.29) is 5.91 Å². The molecule has 2 aromatic rings. The van der Waals surface area contributed by atoms with Crippen LogP contribution < -0.4 is 11.1 Å². The average Bonchev–Trinajstić information content (AvgIpc) is 2.86. The van der Waals surface area contributed by atoms with Crippen LogP contribution in [0.3, 0.4) is 0 Å². The molecule has 2 rings (SSSR count). The standard InChI is InChI=1S/C14H11ClN2O2S/c15-11-4-2-1-3-9(11)5-6-12(18)17-14-10(13(16)19)7-8-20-14/h1-8H,(H2,16,19)(H,17,18)/b6-5+. The van der Waals surface area contributed by atoms with Crippen molar-refractivity contribution < 1.29 is 9.59 Å². The first-order chi connectivity index (χ1) is 9.58. The molecular formula is C14H11ClN2O2S. The smallest absolute Gasteiger partial charge is 0.251 e. The van der Waals surface area contributed by atoms with Gasteiger partial charge in [-0.05, 0) is 29.2 Å². The first kappa shape index (κ1) is 14.3. The fourth-order valence-electron chi connectivity index (χ4n) is 1.53. The van der Waals surface area contributed by atoms with Gasteiger partial charge in [-0.2, -0.15) is 0 Å². The van der Waals surface area contributed by atoms with Crippen LogP contribution in [0.2, 0.25) is 5.02 Å². The number of amides is 2. The molecule has 20 heavy (non-hydrogen) atoms. The molecule has 0 fully saturated rings. The lowest BCUT2D eigenvalue weighted by molar-refractivity contribution is -0.111. The molecule has 0 aliphatic carbocycles. The van der Waals surface area contributed by atoms with Crippen LogP contribution in [0, 0.1) is 0 Å². The predicted octanol–water partition coefficient (Wildman–Crippen LogP) is 3.15. The van der Waals surface area contributed by atoms with E-state index in [1.54, 1.807) is 29.7 Å². The number of rotatable bonds is 4. The molecule has 0 aliphatic rings. The molecule has 0 atom stereocenters. The zero-order chi connectivity index (χ0) is 14.5. The minimum Gasteiger partial charge on any atom is -0.366 e. The lowest BCUT2D eigenvalue weighted by Gasteiger charge is -2.01. The van der Waals surface area contributed by atoms with Crippen LogP contribution in [0.15, 0.2) is 41.8 Å². The Morgan fingerprint density at radius 1 is 1.25 bits per heavy atom. The quantitative estimate of drug-likeness (QED) is 0.852. The molecular weight excluding hydrogens is 296 g/mol. The van der Waals surface area contributed by atoms with Crippen molar-refractivity contribution in [3.8, 4) is 0 Å². The third-order valence-corrected chi connectivity index (χ3v) is 3.66. The Morgan fingerprint density at radius 3 is 2.70 bits per heavy atom. The third-order valence-electron chi connectivity index (χ3n) is 2.49. The van der Waals surface area contributed by atoms with Crippen molar-refractivity contribution in [2.75, 3.05) is 5.32 Å². The van der Waals surface area contributed by atoms with Gasteiger partial charge in [0.25, 0.3) is 5.91 Å². The van der Waals surface area contributed by atoms with Crippen LogP contribution in [-0.4, -0.2) is 11.8 Å². The van der Waals surface area contributed by atoms with E-state index < -0.39 is 5.91 Å². The molecule has 0 aliphatic heterocycles. The van der Waals surface area contributed by atoms with Crippen molar-refractivity contribution in [1.82, 2.24) is 0 Å². The number of hydrogen-bond acceptors (Lipinski definition) is 3. The van der Waals surface area contributed by atoms with Crippen molar-refractivity contribution in [2.24, 2.45) is 5.73 Å². The second-order valence-electron chi connectivity index (χ2n) is 3.87. The molecule has 4 nitrogen and oxygen atoms in total. The van der Waals surface area contributed by atoms with E-state index in [2.05, 4.69) is 5.32 Å². The zero-order valence-electron chi connectivity index (χ0n) is 10.3. The number of anilines is 1. The number of benzene rings is 1. The first-order valence-electron chi connectivity index (χ1n) is 5.69. The predicted molar refractivity (Wildman–Crippen MR) is 82.0 cm³/mol. The molecule has 0 radical (unpaired) electrons. The van der Waals surface area contributed by atoms with E-state index in [4.69, 9.17) is 17.3 Å². The van der Waals surface area contributed by atoms with E-state index in [0.717, 1.165) is 5.56 Å². The fraction of sp³-hybridized carbons (Fsp3) is 0. The lowest BCUT2D eigenvalue weighted by Crippen LogP contribution is -2.14. The minimum absolute atomic E-state index is 0.300. The summed E-state index contributed by atoms with van der Waals surface area (Å²) in [6.45, 7) is 0. The van der Waals surface area contributed by atoms with Gasteiger partial charge in [-0.1, -0.05) is 29.8 Å². The van der Waals surface area contributed by atoms with Gasteiger partial charge < -0.3 is 11.1 Å². The van der Waals surface area contributed by atoms with Gasteiger partial charge in [-0.3, -0.25) is 9.59 Å². The summed E-state index contributed by atoms with van der Waals surface area (Å²) in [7, 11) is 0. The van der Waals surface area contributed by atoms with Crippen molar-refractivity contribution in [1.29, 1.82) is 0 Å². The Hall–Kier alpha value is -2.11. The highest BCUT2D eigenvalue weighted by Gasteiger charge is 2.10. The maximum atomic E-state index is 11.8. The van der Waals surface area contributed by atoms with Gasteiger partial charge in [-0.25, -0.2) is 0 Å². The van der Waals surface area contributed by atoms with Gasteiger partial charge >= 0.3 is 0 Å². The summed E-state index contributed by atoms with van der Waals surface area (Å²) in [4.78, 5) is 22.9. The Bertz CT molecular complexity index is 679. The van der Waals surface area contributed by atoms with Crippen LogP contribution >= 0.6 is 22.9 Å². The largest absolute Gasteiger partial charge is 0.366 e. The van der Waals surface area contributed by atoms with Gasteiger partial charge in [0.15, 0.2) is 0 Å². The van der Waals surface area contributed by atoms with Crippen LogP contribution in [0.5, 0.6) is 0 Å². The van der Waals surface area contributed by atoms with E-state index >= 15 is 0 Å². The first-order valence-corrected chi connectivity index (χ1v) is 6.94. The highest BCUT2D eigenvalue weighted by molar-refractivity contribution is 7.14. The summed E-state index contributed by atoms with van der Waals surface area (Å²) in [5, 5.41) is 5.30. The average molecular weight is 307 g/mol. The van der Waals surface area contributed by atoms with E-state index in [0.29, 0.717) is 15.6 Å². The Kier molecular flexibility index (Phi) is 4.55. The van der Waals surface area contributed by atoms with Crippen molar-refractivity contribution in [3.05, 3.63) is 57.9 Å². The molecule has 102 valence electrons. The molecule has 6 heteroatoms. The van der Waals surface area contributed by atoms with Gasteiger partial charge in [0.2, 0.25) is 5.91 Å². The summed E-state index contributed by atoms with van der Waals surface area (Å²) in [6, 6.07) is 8.74. The minimum atomic E-state index is -0.573. The molecule has 0 saturated heterocycles. The second-order valence-corrected chi connectivity index (χ2v) is 5.20. The highest BCUT2D eigenvalue weighted by atomic mass is 35.5. The fourth-order valence-corrected chi connectivity index (χ4v) is 2.52. The number of halogens is 1. The van der Waals surface area contributed by atoms with Crippen LogP contribution in [-0.2, 0) is 4.79 Å². The Morgan fingerprint density at radius 2 is 2.00 bits per heavy atom. The van der Waals surface area contributed by atoms with Gasteiger partial charge in [-0.15, -0.1) is 11.3 Å². The molecule has 3 N–H and O–H groups in total. The normalized spacial score (nSPS) is 10.7. The highest BCUT2D eigenvalue weighted by Crippen LogP contribution is 2.23. The van der Waals surface area contributed by atoms with Crippen LogP contribution in [0.4, 0.5) is 5.00 Å². The molecule has 1 heterocycles. The number of carbonyl (C=O) groups excluding carboxylic acids is 2. The monoisotopic (exact) mass is 306 g/mol. The topological polar surface area (TPSA) is 72.2 Å². The molecule has 1 aromatic carbocycles.